The molecule has 13 heavy (non-hydrogen) atoms. The number of carbonyl (C=O) groups excluding carboxylic acids is 2. The molecule has 76 valence electrons. The van der Waals surface area contributed by atoms with Crippen LogP contribution < -0.4 is 0 Å². The van der Waals surface area contributed by atoms with E-state index in [1.807, 2.05) is 6.92 Å². The molecule has 0 aromatic heterocycles. The van der Waals surface area contributed by atoms with Gasteiger partial charge in [0.15, 0.2) is 0 Å². The van der Waals surface area contributed by atoms with Gasteiger partial charge in [-0.3, -0.25) is 4.79 Å². The van der Waals surface area contributed by atoms with Gasteiger partial charge in [-0.2, -0.15) is 0 Å². The van der Waals surface area contributed by atoms with E-state index in [1.165, 1.54) is 11.8 Å². The van der Waals surface area contributed by atoms with Crippen molar-refractivity contribution in [3.05, 3.63) is 0 Å². The molecule has 0 fully saturated rings. The monoisotopic (exact) mass is 186 g/mol. The second kappa shape index (κ2) is 5.56. The van der Waals surface area contributed by atoms with Crippen LogP contribution in [0.5, 0.6) is 0 Å². The second-order valence-corrected chi connectivity index (χ2v) is 3.26. The van der Waals surface area contributed by atoms with Crippen molar-refractivity contribution in [2.75, 3.05) is 27.2 Å². The van der Waals surface area contributed by atoms with Crippen molar-refractivity contribution in [2.45, 2.75) is 20.3 Å². The average molecular weight is 186 g/mol. The van der Waals surface area contributed by atoms with Crippen LogP contribution in [-0.4, -0.2) is 48.8 Å². The third-order valence-corrected chi connectivity index (χ3v) is 1.67. The fraction of sp³-hybridized carbons (Fsp3) is 0.778. The Bertz CT molecular complexity index is 192. The summed E-state index contributed by atoms with van der Waals surface area (Å²) in [7, 11) is 3.37. The predicted octanol–water partition coefficient (Wildman–Crippen LogP) is 0.969. The van der Waals surface area contributed by atoms with Crippen molar-refractivity contribution in [1.29, 1.82) is 0 Å². The molecule has 4 heteroatoms. The van der Waals surface area contributed by atoms with Gasteiger partial charge in [-0.25, -0.2) is 4.79 Å². The Morgan fingerprint density at radius 3 is 2.08 bits per heavy atom. The van der Waals surface area contributed by atoms with Gasteiger partial charge in [0.05, 0.1) is 6.54 Å². The van der Waals surface area contributed by atoms with Crippen LogP contribution in [0.25, 0.3) is 0 Å². The Kier molecular flexibility index (Phi) is 5.11. The van der Waals surface area contributed by atoms with Crippen molar-refractivity contribution in [1.82, 2.24) is 9.80 Å². The normalized spacial score (nSPS) is 9.54. The van der Waals surface area contributed by atoms with E-state index in [0.29, 0.717) is 0 Å². The standard InChI is InChI=1S/C9H18N2O2/c1-5-6-10(3)9(13)11(4)7-8(2)12/h5-7H2,1-4H3. The summed E-state index contributed by atoms with van der Waals surface area (Å²) in [4.78, 5) is 25.2. The lowest BCUT2D eigenvalue weighted by Gasteiger charge is -2.23. The number of rotatable bonds is 4. The van der Waals surface area contributed by atoms with Crippen molar-refractivity contribution in [3.63, 3.8) is 0 Å². The zero-order valence-corrected chi connectivity index (χ0v) is 8.83. The van der Waals surface area contributed by atoms with Crippen LogP contribution in [0, 0.1) is 0 Å². The molecule has 0 saturated carbocycles. The van der Waals surface area contributed by atoms with Gasteiger partial charge in [0.1, 0.15) is 5.78 Å². The number of Topliss-reactive ketones (excluding diaryl/α,β-unsaturated/α-hetero) is 1. The van der Waals surface area contributed by atoms with Gasteiger partial charge in [-0.05, 0) is 13.3 Å². The summed E-state index contributed by atoms with van der Waals surface area (Å²) >= 11 is 0. The van der Waals surface area contributed by atoms with Crippen molar-refractivity contribution in [3.8, 4) is 0 Å². The topological polar surface area (TPSA) is 40.6 Å². The lowest BCUT2D eigenvalue weighted by molar-refractivity contribution is -0.117. The van der Waals surface area contributed by atoms with Crippen molar-refractivity contribution >= 4 is 11.8 Å². The number of urea groups is 1. The summed E-state index contributed by atoms with van der Waals surface area (Å²) < 4.78 is 0. The third-order valence-electron chi connectivity index (χ3n) is 1.67. The molecular weight excluding hydrogens is 168 g/mol. The number of likely N-dealkylation sites (N-methyl/N-ethyl adjacent to an activating group) is 1. The number of carbonyl (C=O) groups is 2. The molecular formula is C9H18N2O2. The number of hydrogen-bond acceptors (Lipinski definition) is 2. The number of nitrogens with zero attached hydrogens (tertiary/aromatic N) is 2. The third kappa shape index (κ3) is 4.50. The minimum Gasteiger partial charge on any atom is -0.328 e. The molecule has 0 radical (unpaired) electrons. The molecule has 0 aliphatic carbocycles. The first kappa shape index (κ1) is 11.9. The maximum Gasteiger partial charge on any atom is 0.319 e. The Hall–Kier alpha value is -1.06. The molecule has 0 saturated heterocycles. The van der Waals surface area contributed by atoms with Crippen molar-refractivity contribution in [2.24, 2.45) is 0 Å². The van der Waals surface area contributed by atoms with Gasteiger partial charge in [-0.15, -0.1) is 0 Å². The van der Waals surface area contributed by atoms with Crippen LogP contribution in [-0.2, 0) is 4.79 Å². The first-order chi connectivity index (χ1) is 5.99. The largest absolute Gasteiger partial charge is 0.328 e. The second-order valence-electron chi connectivity index (χ2n) is 3.26. The lowest BCUT2D eigenvalue weighted by Crippen LogP contribution is -2.41. The number of hydrogen-bond donors (Lipinski definition) is 0. The molecule has 0 bridgehead atoms. The van der Waals surface area contributed by atoms with E-state index >= 15 is 0 Å². The van der Waals surface area contributed by atoms with E-state index in [0.717, 1.165) is 13.0 Å². The highest BCUT2D eigenvalue weighted by molar-refractivity contribution is 5.83. The van der Waals surface area contributed by atoms with E-state index in [2.05, 4.69) is 0 Å². The van der Waals surface area contributed by atoms with Gasteiger partial charge in [0.2, 0.25) is 0 Å². The van der Waals surface area contributed by atoms with Crippen LogP contribution >= 0.6 is 0 Å². The SMILES string of the molecule is CCCN(C)C(=O)N(C)CC(C)=O. The van der Waals surface area contributed by atoms with Gasteiger partial charge >= 0.3 is 6.03 Å². The summed E-state index contributed by atoms with van der Waals surface area (Å²) in [5.74, 6) is 0.000693. The number of ketones is 1. The fourth-order valence-corrected chi connectivity index (χ4v) is 1.12. The Morgan fingerprint density at radius 2 is 1.69 bits per heavy atom. The minimum atomic E-state index is -0.1000. The zero-order chi connectivity index (χ0) is 10.4. The summed E-state index contributed by atoms with van der Waals surface area (Å²) in [5, 5.41) is 0. The summed E-state index contributed by atoms with van der Waals surface area (Å²) in [5.41, 5.74) is 0. The molecule has 2 amide bonds. The van der Waals surface area contributed by atoms with Crippen LogP contribution in [0.2, 0.25) is 0 Å². The minimum absolute atomic E-state index is 0.000693. The van der Waals surface area contributed by atoms with Crippen LogP contribution in [0.4, 0.5) is 4.79 Å². The molecule has 0 aliphatic heterocycles. The first-order valence-corrected chi connectivity index (χ1v) is 4.44. The fourth-order valence-electron chi connectivity index (χ4n) is 1.12. The Labute approximate surface area is 79.5 Å². The molecule has 0 aromatic rings. The van der Waals surface area contributed by atoms with E-state index < -0.39 is 0 Å². The van der Waals surface area contributed by atoms with E-state index in [-0.39, 0.29) is 18.4 Å². The zero-order valence-electron chi connectivity index (χ0n) is 8.83. The van der Waals surface area contributed by atoms with E-state index in [9.17, 15) is 9.59 Å². The summed E-state index contributed by atoms with van der Waals surface area (Å²) in [6.07, 6.45) is 0.927. The maximum atomic E-state index is 11.5. The molecule has 4 nitrogen and oxygen atoms in total. The van der Waals surface area contributed by atoms with Gasteiger partial charge in [0, 0.05) is 20.6 Å². The molecule has 0 aliphatic rings. The molecule has 0 rings (SSSR count). The molecule has 0 N–H and O–H groups in total. The molecule has 0 spiro atoms. The quantitative estimate of drug-likeness (QED) is 0.656. The van der Waals surface area contributed by atoms with Crippen LogP contribution in [0.15, 0.2) is 0 Å². The van der Waals surface area contributed by atoms with Crippen molar-refractivity contribution < 1.29 is 9.59 Å². The Balaban J connectivity index is 4.01. The lowest BCUT2D eigenvalue weighted by atomic mass is 10.4. The van der Waals surface area contributed by atoms with E-state index in [4.69, 9.17) is 0 Å². The van der Waals surface area contributed by atoms with Gasteiger partial charge < -0.3 is 9.80 Å². The molecule has 0 heterocycles. The molecule has 0 atom stereocenters. The Morgan fingerprint density at radius 1 is 1.15 bits per heavy atom. The molecule has 0 aromatic carbocycles. The highest BCUT2D eigenvalue weighted by atomic mass is 16.2. The average Bonchev–Trinajstić information content (AvgIpc) is 2.02. The smallest absolute Gasteiger partial charge is 0.319 e. The maximum absolute atomic E-state index is 11.5. The van der Waals surface area contributed by atoms with Crippen LogP contribution in [0.3, 0.4) is 0 Å². The van der Waals surface area contributed by atoms with Crippen LogP contribution in [0.1, 0.15) is 20.3 Å². The van der Waals surface area contributed by atoms with Gasteiger partial charge in [-0.1, -0.05) is 6.92 Å². The predicted molar refractivity (Wildman–Crippen MR) is 51.6 cm³/mol. The highest BCUT2D eigenvalue weighted by Gasteiger charge is 2.13. The summed E-state index contributed by atoms with van der Waals surface area (Å²) in [6.45, 7) is 4.40. The van der Waals surface area contributed by atoms with E-state index in [1.54, 1.807) is 19.0 Å². The van der Waals surface area contributed by atoms with Gasteiger partial charge in [0.25, 0.3) is 0 Å². The first-order valence-electron chi connectivity index (χ1n) is 4.44. The number of amides is 2. The summed E-state index contributed by atoms with van der Waals surface area (Å²) in [6, 6.07) is -0.1000. The molecule has 0 unspecified atom stereocenters. The highest BCUT2D eigenvalue weighted by Crippen LogP contribution is 1.95.